The number of hydrogen-bond acceptors (Lipinski definition) is 5. The summed E-state index contributed by atoms with van der Waals surface area (Å²) in [6.07, 6.45) is 2.51. The second kappa shape index (κ2) is 9.60. The quantitative estimate of drug-likeness (QED) is 0.618. The van der Waals surface area contributed by atoms with E-state index in [0.29, 0.717) is 24.4 Å². The standard InChI is InChI=1S/C23H25ClN2O5S/c24-19-7-9-20(10-8-19)32(29,30)25-14-11-18(12-15-25)23(28)31-16-22(27)26-13-3-5-17-4-1-2-6-21(17)26/h1-2,4,6-10,18H,3,5,11-16H2. The van der Waals surface area contributed by atoms with Crippen LogP contribution in [0.2, 0.25) is 5.02 Å². The molecule has 1 saturated heterocycles. The topological polar surface area (TPSA) is 84.0 Å². The number of esters is 1. The first kappa shape index (κ1) is 22.8. The lowest BCUT2D eigenvalue weighted by atomic mass is 9.98. The number of sulfonamides is 1. The van der Waals surface area contributed by atoms with Crippen molar-refractivity contribution in [3.63, 3.8) is 0 Å². The molecule has 0 saturated carbocycles. The number of carbonyl (C=O) groups excluding carboxylic acids is 2. The maximum atomic E-state index is 12.8. The Hall–Kier alpha value is -2.42. The van der Waals surface area contributed by atoms with Crippen molar-refractivity contribution in [2.24, 2.45) is 5.92 Å². The molecule has 2 aromatic rings. The van der Waals surface area contributed by atoms with E-state index in [9.17, 15) is 18.0 Å². The summed E-state index contributed by atoms with van der Waals surface area (Å²) in [6, 6.07) is 13.8. The molecule has 0 bridgehead atoms. The number of amides is 1. The van der Waals surface area contributed by atoms with Crippen molar-refractivity contribution in [1.82, 2.24) is 4.31 Å². The minimum absolute atomic E-state index is 0.176. The van der Waals surface area contributed by atoms with E-state index in [4.69, 9.17) is 16.3 Å². The fourth-order valence-corrected chi connectivity index (χ4v) is 5.80. The van der Waals surface area contributed by atoms with Crippen molar-refractivity contribution in [3.8, 4) is 0 Å². The first-order valence-corrected chi connectivity index (χ1v) is 12.5. The SMILES string of the molecule is O=C(OCC(=O)N1CCCc2ccccc21)C1CCN(S(=O)(=O)c2ccc(Cl)cc2)CC1. The Labute approximate surface area is 193 Å². The molecule has 0 atom stereocenters. The van der Waals surface area contributed by atoms with Gasteiger partial charge in [-0.15, -0.1) is 0 Å². The van der Waals surface area contributed by atoms with E-state index < -0.39 is 21.9 Å². The lowest BCUT2D eigenvalue weighted by molar-refractivity contribution is -0.153. The van der Waals surface area contributed by atoms with Gasteiger partial charge in [-0.1, -0.05) is 29.8 Å². The molecule has 0 spiro atoms. The smallest absolute Gasteiger partial charge is 0.309 e. The summed E-state index contributed by atoms with van der Waals surface area (Å²) >= 11 is 5.84. The highest BCUT2D eigenvalue weighted by molar-refractivity contribution is 7.89. The zero-order valence-corrected chi connectivity index (χ0v) is 19.1. The second-order valence-electron chi connectivity index (χ2n) is 8.02. The molecule has 4 rings (SSSR count). The number of para-hydroxylation sites is 1. The molecular formula is C23H25ClN2O5S. The number of piperidine rings is 1. The van der Waals surface area contributed by atoms with Crippen LogP contribution >= 0.6 is 11.6 Å². The molecule has 0 N–H and O–H groups in total. The van der Waals surface area contributed by atoms with Crippen LogP contribution in [-0.2, 0) is 30.8 Å². The van der Waals surface area contributed by atoms with E-state index in [1.165, 1.54) is 28.6 Å². The number of anilines is 1. The molecule has 32 heavy (non-hydrogen) atoms. The number of nitrogens with zero attached hydrogens (tertiary/aromatic N) is 2. The molecule has 2 aliphatic rings. The van der Waals surface area contributed by atoms with E-state index in [1.54, 1.807) is 4.90 Å². The van der Waals surface area contributed by atoms with E-state index in [2.05, 4.69) is 0 Å². The van der Waals surface area contributed by atoms with E-state index in [0.717, 1.165) is 24.1 Å². The summed E-state index contributed by atoms with van der Waals surface area (Å²) in [4.78, 5) is 27.0. The summed E-state index contributed by atoms with van der Waals surface area (Å²) in [7, 11) is -3.63. The average molecular weight is 477 g/mol. The first-order chi connectivity index (χ1) is 15.4. The Kier molecular flexibility index (Phi) is 6.83. The monoisotopic (exact) mass is 476 g/mol. The highest BCUT2D eigenvalue weighted by Crippen LogP contribution is 2.28. The molecule has 0 aromatic heterocycles. The highest BCUT2D eigenvalue weighted by Gasteiger charge is 2.33. The number of fused-ring (bicyclic) bond motifs is 1. The van der Waals surface area contributed by atoms with Gasteiger partial charge in [0.2, 0.25) is 10.0 Å². The maximum Gasteiger partial charge on any atom is 0.309 e. The van der Waals surface area contributed by atoms with Gasteiger partial charge in [-0.05, 0) is 61.6 Å². The lowest BCUT2D eigenvalue weighted by Crippen LogP contribution is -2.42. The average Bonchev–Trinajstić information content (AvgIpc) is 2.82. The summed E-state index contributed by atoms with van der Waals surface area (Å²) in [5, 5.41) is 0.466. The van der Waals surface area contributed by atoms with Crippen LogP contribution < -0.4 is 4.90 Å². The van der Waals surface area contributed by atoms with Crippen LogP contribution in [0, 0.1) is 5.92 Å². The Balaban J connectivity index is 1.30. The minimum Gasteiger partial charge on any atom is -0.455 e. The number of ether oxygens (including phenoxy) is 1. The van der Waals surface area contributed by atoms with Crippen LogP contribution in [0.3, 0.4) is 0 Å². The first-order valence-electron chi connectivity index (χ1n) is 10.7. The third-order valence-corrected chi connectivity index (χ3v) is 8.15. The molecule has 0 aliphatic carbocycles. The summed E-state index contributed by atoms with van der Waals surface area (Å²) < 4.78 is 32.3. The summed E-state index contributed by atoms with van der Waals surface area (Å²) in [6.45, 7) is 0.737. The van der Waals surface area contributed by atoms with Crippen molar-refractivity contribution in [1.29, 1.82) is 0 Å². The predicted molar refractivity (Wildman–Crippen MR) is 121 cm³/mol. The molecule has 1 fully saturated rings. The molecular weight excluding hydrogens is 452 g/mol. The molecule has 2 aromatic carbocycles. The molecule has 1 amide bonds. The van der Waals surface area contributed by atoms with Crippen LogP contribution in [0.25, 0.3) is 0 Å². The Morgan fingerprint density at radius 1 is 1.00 bits per heavy atom. The number of hydrogen-bond donors (Lipinski definition) is 0. The summed E-state index contributed by atoms with van der Waals surface area (Å²) in [5.41, 5.74) is 1.99. The van der Waals surface area contributed by atoms with Crippen molar-refractivity contribution in [2.45, 2.75) is 30.6 Å². The van der Waals surface area contributed by atoms with Gasteiger partial charge in [0.05, 0.1) is 10.8 Å². The zero-order chi connectivity index (χ0) is 22.7. The predicted octanol–water partition coefficient (Wildman–Crippen LogP) is 3.26. The van der Waals surface area contributed by atoms with Gasteiger partial charge < -0.3 is 9.64 Å². The van der Waals surface area contributed by atoms with Gasteiger partial charge in [-0.3, -0.25) is 9.59 Å². The second-order valence-corrected chi connectivity index (χ2v) is 10.4. The van der Waals surface area contributed by atoms with Gasteiger partial charge >= 0.3 is 5.97 Å². The van der Waals surface area contributed by atoms with Crippen molar-refractivity contribution < 1.29 is 22.7 Å². The molecule has 7 nitrogen and oxygen atoms in total. The van der Waals surface area contributed by atoms with Crippen LogP contribution in [0.15, 0.2) is 53.4 Å². The lowest BCUT2D eigenvalue weighted by Gasteiger charge is -2.31. The molecule has 9 heteroatoms. The summed E-state index contributed by atoms with van der Waals surface area (Å²) in [5.74, 6) is -1.12. The van der Waals surface area contributed by atoms with Gasteiger partial charge in [0.1, 0.15) is 0 Å². The van der Waals surface area contributed by atoms with Crippen molar-refractivity contribution in [2.75, 3.05) is 31.1 Å². The highest BCUT2D eigenvalue weighted by atomic mass is 35.5. The number of halogens is 1. The Morgan fingerprint density at radius 3 is 2.41 bits per heavy atom. The fraction of sp³-hybridized carbons (Fsp3) is 0.391. The van der Waals surface area contributed by atoms with Gasteiger partial charge in [0, 0.05) is 30.3 Å². The number of carbonyl (C=O) groups is 2. The molecule has 170 valence electrons. The third kappa shape index (κ3) is 4.82. The normalized spacial score (nSPS) is 17.6. The van der Waals surface area contributed by atoms with Crippen molar-refractivity contribution in [3.05, 3.63) is 59.1 Å². The maximum absolute atomic E-state index is 12.8. The van der Waals surface area contributed by atoms with Crippen LogP contribution in [0.1, 0.15) is 24.8 Å². The van der Waals surface area contributed by atoms with E-state index in [1.807, 2.05) is 24.3 Å². The largest absolute Gasteiger partial charge is 0.455 e. The molecule has 0 radical (unpaired) electrons. The number of rotatable bonds is 5. The molecule has 2 aliphatic heterocycles. The van der Waals surface area contributed by atoms with Crippen molar-refractivity contribution >= 4 is 39.2 Å². The third-order valence-electron chi connectivity index (χ3n) is 5.99. The van der Waals surface area contributed by atoms with Gasteiger partial charge in [0.25, 0.3) is 5.91 Å². The van der Waals surface area contributed by atoms with Gasteiger partial charge in [-0.25, -0.2) is 8.42 Å². The molecule has 2 heterocycles. The number of benzene rings is 2. The van der Waals surface area contributed by atoms with Crippen LogP contribution in [-0.4, -0.2) is 50.8 Å². The zero-order valence-electron chi connectivity index (χ0n) is 17.6. The van der Waals surface area contributed by atoms with Crippen LogP contribution in [0.5, 0.6) is 0 Å². The Bertz CT molecular complexity index is 1100. The minimum atomic E-state index is -3.63. The van der Waals surface area contributed by atoms with Crippen LogP contribution in [0.4, 0.5) is 5.69 Å². The number of aryl methyl sites for hydroxylation is 1. The fourth-order valence-electron chi connectivity index (χ4n) is 4.21. The van der Waals surface area contributed by atoms with Gasteiger partial charge in [0.15, 0.2) is 6.61 Å². The van der Waals surface area contributed by atoms with E-state index in [-0.39, 0.29) is 30.5 Å². The Morgan fingerprint density at radius 2 is 1.69 bits per heavy atom. The van der Waals surface area contributed by atoms with Gasteiger partial charge in [-0.2, -0.15) is 4.31 Å². The molecule has 0 unspecified atom stereocenters. The van der Waals surface area contributed by atoms with E-state index >= 15 is 0 Å².